The molecule has 1 saturated heterocycles. The van der Waals surface area contributed by atoms with Gasteiger partial charge in [-0.05, 0) is 62.6 Å². The predicted molar refractivity (Wildman–Crippen MR) is 106 cm³/mol. The Kier molecular flexibility index (Phi) is 6.18. The van der Waals surface area contributed by atoms with Crippen LogP contribution in [0.5, 0.6) is 0 Å². The summed E-state index contributed by atoms with van der Waals surface area (Å²) in [6.07, 6.45) is 25.0. The Morgan fingerprint density at radius 1 is 0.760 bits per heavy atom. The zero-order valence-electron chi connectivity index (χ0n) is 16.1. The summed E-state index contributed by atoms with van der Waals surface area (Å²) in [4.78, 5) is 0. The van der Waals surface area contributed by atoms with Gasteiger partial charge in [0.25, 0.3) is 0 Å². The number of hydrogen-bond donors (Lipinski definition) is 2. The molecule has 1 heterocycles. The molecule has 4 rings (SSSR count). The van der Waals surface area contributed by atoms with E-state index < -0.39 is 0 Å². The first-order valence-corrected chi connectivity index (χ1v) is 11.3. The number of allylic oxidation sites excluding steroid dienone is 2. The zero-order chi connectivity index (χ0) is 16.9. The van der Waals surface area contributed by atoms with Crippen molar-refractivity contribution >= 4 is 0 Å². The van der Waals surface area contributed by atoms with Crippen molar-refractivity contribution in [2.45, 2.75) is 102 Å². The number of hydrogen-bond acceptors (Lipinski definition) is 2. The van der Waals surface area contributed by atoms with Crippen LogP contribution in [0, 0.1) is 11.8 Å². The lowest BCUT2D eigenvalue weighted by molar-refractivity contribution is 0.312. The van der Waals surface area contributed by atoms with E-state index in [9.17, 15) is 0 Å². The van der Waals surface area contributed by atoms with Gasteiger partial charge in [0, 0.05) is 23.7 Å². The van der Waals surface area contributed by atoms with E-state index in [1.54, 1.807) is 11.3 Å². The Balaban J connectivity index is 1.51. The lowest BCUT2D eigenvalue weighted by Crippen LogP contribution is -2.46. The first-order valence-electron chi connectivity index (χ1n) is 11.3. The predicted octanol–water partition coefficient (Wildman–Crippen LogP) is 5.46. The Bertz CT molecular complexity index is 478. The van der Waals surface area contributed by atoms with Gasteiger partial charge in [-0.15, -0.1) is 0 Å². The standard InChI is InChI=1S/C23H38N2/c1-2-5-10-18(11-6-3-1)19-16-22-21(14-9-15-24-22)23(17-19)25-20-12-7-4-8-13-20/h16-18,20-22,24-25H,1-15H2. The molecule has 0 aromatic carbocycles. The van der Waals surface area contributed by atoms with E-state index in [1.165, 1.54) is 96.4 Å². The molecule has 2 unspecified atom stereocenters. The summed E-state index contributed by atoms with van der Waals surface area (Å²) in [6, 6.07) is 1.32. The molecule has 140 valence electrons. The monoisotopic (exact) mass is 342 g/mol. The first-order chi connectivity index (χ1) is 12.4. The topological polar surface area (TPSA) is 24.1 Å². The third-order valence-electron chi connectivity index (χ3n) is 7.15. The second-order valence-corrected chi connectivity index (χ2v) is 9.02. The molecule has 25 heavy (non-hydrogen) atoms. The molecule has 3 aliphatic carbocycles. The molecular formula is C23H38N2. The highest BCUT2D eigenvalue weighted by molar-refractivity contribution is 5.35. The fraction of sp³-hybridized carbons (Fsp3) is 0.826. The molecule has 2 nitrogen and oxygen atoms in total. The lowest BCUT2D eigenvalue weighted by atomic mass is 9.76. The van der Waals surface area contributed by atoms with Crippen molar-refractivity contribution in [3.8, 4) is 0 Å². The minimum atomic E-state index is 0.588. The summed E-state index contributed by atoms with van der Waals surface area (Å²) in [7, 11) is 0. The third kappa shape index (κ3) is 4.51. The van der Waals surface area contributed by atoms with Gasteiger partial charge < -0.3 is 10.6 Å². The molecule has 0 spiro atoms. The van der Waals surface area contributed by atoms with Gasteiger partial charge in [-0.3, -0.25) is 0 Å². The van der Waals surface area contributed by atoms with Gasteiger partial charge in [0.2, 0.25) is 0 Å². The van der Waals surface area contributed by atoms with Crippen LogP contribution in [0.1, 0.15) is 89.9 Å². The van der Waals surface area contributed by atoms with Gasteiger partial charge in [-0.25, -0.2) is 0 Å². The van der Waals surface area contributed by atoms with Gasteiger partial charge in [-0.2, -0.15) is 0 Å². The fourth-order valence-electron chi connectivity index (χ4n) is 5.65. The van der Waals surface area contributed by atoms with Crippen LogP contribution in [-0.2, 0) is 0 Å². The van der Waals surface area contributed by atoms with Crippen molar-refractivity contribution in [3.63, 3.8) is 0 Å². The van der Waals surface area contributed by atoms with Gasteiger partial charge in [0.15, 0.2) is 0 Å². The second kappa shape index (κ2) is 8.75. The SMILES string of the molecule is C1=C(C2CCCCCCC2)C=C(NC2CCCCC2)C2CCCNC12. The fourth-order valence-corrected chi connectivity index (χ4v) is 5.65. The number of nitrogens with one attached hydrogen (secondary N) is 2. The average molecular weight is 343 g/mol. The Morgan fingerprint density at radius 2 is 1.44 bits per heavy atom. The van der Waals surface area contributed by atoms with Crippen molar-refractivity contribution in [2.24, 2.45) is 11.8 Å². The number of rotatable bonds is 3. The van der Waals surface area contributed by atoms with Crippen LogP contribution in [0.25, 0.3) is 0 Å². The summed E-state index contributed by atoms with van der Waals surface area (Å²) < 4.78 is 0. The van der Waals surface area contributed by atoms with Gasteiger partial charge in [0.05, 0.1) is 0 Å². The molecule has 0 aromatic rings. The highest BCUT2D eigenvalue weighted by atomic mass is 15.0. The van der Waals surface area contributed by atoms with Crippen LogP contribution in [0.2, 0.25) is 0 Å². The highest BCUT2D eigenvalue weighted by Crippen LogP contribution is 2.36. The minimum absolute atomic E-state index is 0.588. The van der Waals surface area contributed by atoms with E-state index in [-0.39, 0.29) is 0 Å². The van der Waals surface area contributed by atoms with E-state index in [4.69, 9.17) is 0 Å². The number of piperidine rings is 1. The summed E-state index contributed by atoms with van der Waals surface area (Å²) in [5, 5.41) is 7.86. The number of fused-ring (bicyclic) bond motifs is 1. The maximum absolute atomic E-state index is 4.03. The van der Waals surface area contributed by atoms with Gasteiger partial charge in [0.1, 0.15) is 0 Å². The van der Waals surface area contributed by atoms with Crippen molar-refractivity contribution in [2.75, 3.05) is 6.54 Å². The molecule has 2 atom stereocenters. The van der Waals surface area contributed by atoms with Crippen molar-refractivity contribution in [1.29, 1.82) is 0 Å². The maximum Gasteiger partial charge on any atom is 0.0338 e. The molecule has 3 fully saturated rings. The Labute approximate surface area is 154 Å². The Hall–Kier alpha value is -0.760. The summed E-state index contributed by atoms with van der Waals surface area (Å²) in [5.74, 6) is 1.51. The minimum Gasteiger partial charge on any atom is -0.385 e. The highest BCUT2D eigenvalue weighted by Gasteiger charge is 2.32. The van der Waals surface area contributed by atoms with Crippen LogP contribution in [0.3, 0.4) is 0 Å². The Morgan fingerprint density at radius 3 is 2.24 bits per heavy atom. The van der Waals surface area contributed by atoms with E-state index in [0.29, 0.717) is 12.0 Å². The molecule has 0 radical (unpaired) electrons. The molecule has 2 N–H and O–H groups in total. The lowest BCUT2D eigenvalue weighted by Gasteiger charge is -2.39. The van der Waals surface area contributed by atoms with Crippen LogP contribution in [0.15, 0.2) is 23.4 Å². The molecule has 4 aliphatic rings. The smallest absolute Gasteiger partial charge is 0.0338 e. The molecular weight excluding hydrogens is 304 g/mol. The summed E-state index contributed by atoms with van der Waals surface area (Å²) in [5.41, 5.74) is 3.25. The van der Waals surface area contributed by atoms with Crippen molar-refractivity contribution in [1.82, 2.24) is 10.6 Å². The largest absolute Gasteiger partial charge is 0.385 e. The van der Waals surface area contributed by atoms with Crippen molar-refractivity contribution < 1.29 is 0 Å². The molecule has 0 amide bonds. The maximum atomic E-state index is 4.03. The molecule has 1 aliphatic heterocycles. The quantitative estimate of drug-likeness (QED) is 0.711. The van der Waals surface area contributed by atoms with Crippen LogP contribution in [0.4, 0.5) is 0 Å². The summed E-state index contributed by atoms with van der Waals surface area (Å²) >= 11 is 0. The van der Waals surface area contributed by atoms with E-state index in [2.05, 4.69) is 22.8 Å². The molecule has 0 aromatic heterocycles. The van der Waals surface area contributed by atoms with E-state index in [1.807, 2.05) is 0 Å². The molecule has 2 saturated carbocycles. The zero-order valence-corrected chi connectivity index (χ0v) is 16.1. The van der Waals surface area contributed by atoms with E-state index in [0.717, 1.165) is 12.0 Å². The molecule has 0 bridgehead atoms. The first kappa shape index (κ1) is 17.6. The van der Waals surface area contributed by atoms with Crippen molar-refractivity contribution in [3.05, 3.63) is 23.4 Å². The van der Waals surface area contributed by atoms with Gasteiger partial charge in [-0.1, -0.05) is 57.4 Å². The van der Waals surface area contributed by atoms with Crippen LogP contribution >= 0.6 is 0 Å². The molecule has 2 heteroatoms. The average Bonchev–Trinajstić information content (AvgIpc) is 2.62. The van der Waals surface area contributed by atoms with E-state index >= 15 is 0 Å². The third-order valence-corrected chi connectivity index (χ3v) is 7.15. The van der Waals surface area contributed by atoms with Crippen LogP contribution in [-0.4, -0.2) is 18.6 Å². The normalized spacial score (nSPS) is 32.8. The van der Waals surface area contributed by atoms with Crippen LogP contribution < -0.4 is 10.6 Å². The van der Waals surface area contributed by atoms with Gasteiger partial charge >= 0.3 is 0 Å². The second-order valence-electron chi connectivity index (χ2n) is 9.02. The summed E-state index contributed by atoms with van der Waals surface area (Å²) in [6.45, 7) is 1.20.